The smallest absolute Gasteiger partial charge is 0.289 e. The first-order valence-electron chi connectivity index (χ1n) is 6.26. The molecule has 1 aliphatic rings. The molecule has 0 unspecified atom stereocenters. The van der Waals surface area contributed by atoms with Gasteiger partial charge in [-0.1, -0.05) is 36.4 Å². The van der Waals surface area contributed by atoms with Gasteiger partial charge in [0.15, 0.2) is 17.3 Å². The maximum atomic E-state index is 12.5. The van der Waals surface area contributed by atoms with Crippen molar-refractivity contribution >= 4 is 17.5 Å². The van der Waals surface area contributed by atoms with Gasteiger partial charge in [-0.2, -0.15) is 0 Å². The molecule has 0 bridgehead atoms. The van der Waals surface area contributed by atoms with Gasteiger partial charge in [-0.25, -0.2) is 4.79 Å². The summed E-state index contributed by atoms with van der Waals surface area (Å²) in [4.78, 5) is 45.1. The van der Waals surface area contributed by atoms with Gasteiger partial charge in [0, 0.05) is 23.6 Å². The van der Waals surface area contributed by atoms with Crippen LogP contribution in [0.15, 0.2) is 42.5 Å². The highest BCUT2D eigenvalue weighted by molar-refractivity contribution is 6.29. The first-order chi connectivity index (χ1) is 10.1. The van der Waals surface area contributed by atoms with E-state index in [0.717, 1.165) is 0 Å². The highest BCUT2D eigenvalue weighted by atomic mass is 17.2. The summed E-state index contributed by atoms with van der Waals surface area (Å²) in [6.07, 6.45) is 0. The summed E-state index contributed by atoms with van der Waals surface area (Å²) < 4.78 is 0. The third-order valence-corrected chi connectivity index (χ3v) is 3.16. The van der Waals surface area contributed by atoms with Crippen molar-refractivity contribution in [3.05, 3.63) is 64.7 Å². The van der Waals surface area contributed by atoms with Gasteiger partial charge in [0.2, 0.25) is 0 Å². The molecular formula is C16H10O5. The molecule has 21 heavy (non-hydrogen) atoms. The molecule has 0 fully saturated rings. The van der Waals surface area contributed by atoms with Crippen molar-refractivity contribution in [3.8, 4) is 5.75 Å². The predicted molar refractivity (Wildman–Crippen MR) is 72.1 cm³/mol. The van der Waals surface area contributed by atoms with Crippen LogP contribution in [0, 0.1) is 0 Å². The zero-order chi connectivity index (χ0) is 15.0. The van der Waals surface area contributed by atoms with Gasteiger partial charge in [0.1, 0.15) is 0 Å². The molecule has 0 saturated heterocycles. The average Bonchev–Trinajstić information content (AvgIpc) is 2.50. The van der Waals surface area contributed by atoms with Gasteiger partial charge < -0.3 is 0 Å². The van der Waals surface area contributed by atoms with Gasteiger partial charge in [0.25, 0.3) is 0 Å². The third-order valence-electron chi connectivity index (χ3n) is 3.16. The lowest BCUT2D eigenvalue weighted by Crippen LogP contribution is -2.22. The normalized spacial score (nSPS) is 12.4. The second-order valence-electron chi connectivity index (χ2n) is 4.54. The molecule has 0 saturated carbocycles. The zero-order valence-electron chi connectivity index (χ0n) is 11.1. The molecule has 0 spiro atoms. The van der Waals surface area contributed by atoms with Gasteiger partial charge >= 0.3 is 5.97 Å². The van der Waals surface area contributed by atoms with Crippen LogP contribution in [0.25, 0.3) is 0 Å². The molecule has 0 N–H and O–H groups in total. The highest BCUT2D eigenvalue weighted by Crippen LogP contribution is 2.33. The Morgan fingerprint density at radius 3 is 2.14 bits per heavy atom. The number of ketones is 2. The number of benzene rings is 2. The van der Waals surface area contributed by atoms with Crippen molar-refractivity contribution in [3.63, 3.8) is 0 Å². The summed E-state index contributed by atoms with van der Waals surface area (Å²) in [6.45, 7) is 1.18. The fourth-order valence-corrected chi connectivity index (χ4v) is 2.29. The lowest BCUT2D eigenvalue weighted by atomic mass is 9.84. The molecule has 5 heteroatoms. The van der Waals surface area contributed by atoms with E-state index in [4.69, 9.17) is 4.89 Å². The van der Waals surface area contributed by atoms with Crippen LogP contribution in [0.2, 0.25) is 0 Å². The van der Waals surface area contributed by atoms with Gasteiger partial charge in [-0.05, 0) is 6.07 Å². The van der Waals surface area contributed by atoms with E-state index in [2.05, 4.69) is 4.89 Å². The van der Waals surface area contributed by atoms with Crippen molar-refractivity contribution in [2.24, 2.45) is 0 Å². The zero-order valence-corrected chi connectivity index (χ0v) is 11.1. The Balaban J connectivity index is 2.14. The molecule has 1 aliphatic carbocycles. The van der Waals surface area contributed by atoms with Crippen LogP contribution in [0.1, 0.15) is 38.8 Å². The van der Waals surface area contributed by atoms with Crippen molar-refractivity contribution in [2.45, 2.75) is 6.92 Å². The van der Waals surface area contributed by atoms with E-state index < -0.39 is 5.97 Å². The Labute approximate surface area is 120 Å². The van der Waals surface area contributed by atoms with E-state index in [0.29, 0.717) is 11.1 Å². The molecule has 0 radical (unpaired) electrons. The second kappa shape index (κ2) is 4.86. The van der Waals surface area contributed by atoms with E-state index in [-0.39, 0.29) is 28.4 Å². The standard InChI is InChI=1S/C16H10O5/c1-9(17)20-21-13-8-4-7-12-14(13)16(19)11-6-3-2-5-10(11)15(12)18/h2-8H,1H3. The minimum Gasteiger partial charge on any atom is -0.289 e. The molecule has 0 atom stereocenters. The molecule has 0 heterocycles. The molecular weight excluding hydrogens is 272 g/mol. The van der Waals surface area contributed by atoms with Crippen LogP contribution < -0.4 is 4.89 Å². The number of rotatable bonds is 2. The number of fused-ring (bicyclic) bond motifs is 2. The number of hydrogen-bond donors (Lipinski definition) is 0. The summed E-state index contributed by atoms with van der Waals surface area (Å²) in [5, 5.41) is 0. The first kappa shape index (κ1) is 13.1. The molecule has 2 aromatic carbocycles. The van der Waals surface area contributed by atoms with E-state index in [1.54, 1.807) is 36.4 Å². The minimum atomic E-state index is -0.650. The fraction of sp³-hybridized carbons (Fsp3) is 0.0625. The van der Waals surface area contributed by atoms with Gasteiger partial charge in [0.05, 0.1) is 5.56 Å². The summed E-state index contributed by atoms with van der Waals surface area (Å²) in [5.41, 5.74) is 1.03. The monoisotopic (exact) mass is 282 g/mol. The summed E-state index contributed by atoms with van der Waals surface area (Å²) in [5.74, 6) is -1.19. The Hall–Kier alpha value is -2.95. The highest BCUT2D eigenvalue weighted by Gasteiger charge is 2.32. The molecule has 2 aromatic rings. The van der Waals surface area contributed by atoms with Crippen molar-refractivity contribution in [1.82, 2.24) is 0 Å². The molecule has 0 amide bonds. The second-order valence-corrected chi connectivity index (χ2v) is 4.54. The average molecular weight is 282 g/mol. The Morgan fingerprint density at radius 1 is 0.857 bits per heavy atom. The van der Waals surface area contributed by atoms with Crippen LogP contribution in [0.4, 0.5) is 0 Å². The topological polar surface area (TPSA) is 69.7 Å². The van der Waals surface area contributed by atoms with E-state index in [1.807, 2.05) is 0 Å². The third kappa shape index (κ3) is 2.08. The molecule has 0 aliphatic heterocycles. The van der Waals surface area contributed by atoms with E-state index in [9.17, 15) is 14.4 Å². The quantitative estimate of drug-likeness (QED) is 0.533. The maximum absolute atomic E-state index is 12.5. The summed E-state index contributed by atoms with van der Waals surface area (Å²) >= 11 is 0. The van der Waals surface area contributed by atoms with Crippen LogP contribution >= 0.6 is 0 Å². The largest absolute Gasteiger partial charge is 0.352 e. The van der Waals surface area contributed by atoms with Crippen LogP contribution in [0.3, 0.4) is 0 Å². The number of carbonyl (C=O) groups excluding carboxylic acids is 3. The SMILES string of the molecule is CC(=O)OOc1cccc2c1C(=O)c1ccccc1C2=O. The molecule has 104 valence electrons. The minimum absolute atomic E-state index is 0.0514. The van der Waals surface area contributed by atoms with Gasteiger partial charge in [-0.15, -0.1) is 0 Å². The van der Waals surface area contributed by atoms with Crippen LogP contribution in [-0.2, 0) is 9.68 Å². The van der Waals surface area contributed by atoms with E-state index >= 15 is 0 Å². The number of carbonyl (C=O) groups is 3. The fourth-order valence-electron chi connectivity index (χ4n) is 2.29. The lowest BCUT2D eigenvalue weighted by Gasteiger charge is -2.18. The molecule has 0 aromatic heterocycles. The molecule has 3 rings (SSSR count). The Bertz CT molecular complexity index is 776. The van der Waals surface area contributed by atoms with Crippen molar-refractivity contribution < 1.29 is 24.2 Å². The summed E-state index contributed by atoms with van der Waals surface area (Å²) in [6, 6.07) is 11.2. The lowest BCUT2D eigenvalue weighted by molar-refractivity contribution is -0.211. The predicted octanol–water partition coefficient (Wildman–Crippen LogP) is 2.32. The Kier molecular flexibility index (Phi) is 3.02. The van der Waals surface area contributed by atoms with Gasteiger partial charge in [-0.3, -0.25) is 19.4 Å². The molecule has 5 nitrogen and oxygen atoms in total. The van der Waals surface area contributed by atoms with Crippen LogP contribution in [-0.4, -0.2) is 17.5 Å². The maximum Gasteiger partial charge on any atom is 0.352 e. The summed E-state index contributed by atoms with van der Waals surface area (Å²) in [7, 11) is 0. The number of hydrogen-bond acceptors (Lipinski definition) is 5. The Morgan fingerprint density at radius 2 is 1.48 bits per heavy atom. The van der Waals surface area contributed by atoms with Crippen molar-refractivity contribution in [2.75, 3.05) is 0 Å². The van der Waals surface area contributed by atoms with Crippen LogP contribution in [0.5, 0.6) is 5.75 Å². The van der Waals surface area contributed by atoms with E-state index in [1.165, 1.54) is 13.0 Å². The van der Waals surface area contributed by atoms with Crippen molar-refractivity contribution in [1.29, 1.82) is 0 Å². The first-order valence-corrected chi connectivity index (χ1v) is 6.26.